The Kier molecular flexibility index (Phi) is 25.0. The largest absolute Gasteiger partial charge is 0.481 e. The number of hydrogen-bond acceptors (Lipinski definition) is 7. The minimum absolute atomic E-state index is 0.204. The first kappa shape index (κ1) is 39.1. The van der Waals surface area contributed by atoms with Gasteiger partial charge in [0.2, 0.25) is 0 Å². The number of hydrogen-bond donors (Lipinski definition) is 5. The van der Waals surface area contributed by atoms with Gasteiger partial charge in [-0.25, -0.2) is 4.79 Å². The summed E-state index contributed by atoms with van der Waals surface area (Å²) in [6.45, 7) is 5.29. The van der Waals surface area contributed by atoms with E-state index in [9.17, 15) is 19.2 Å². The molecule has 10 nitrogen and oxygen atoms in total. The van der Waals surface area contributed by atoms with Crippen molar-refractivity contribution >= 4 is 23.7 Å². The summed E-state index contributed by atoms with van der Waals surface area (Å²) >= 11 is 0. The van der Waals surface area contributed by atoms with Gasteiger partial charge >= 0.3 is 17.9 Å². The maximum atomic E-state index is 12.0. The maximum Gasteiger partial charge on any atom is 0.336 e. The number of rotatable bonds is 25. The van der Waals surface area contributed by atoms with Gasteiger partial charge in [0.05, 0.1) is 12.8 Å². The van der Waals surface area contributed by atoms with Crippen molar-refractivity contribution in [1.29, 1.82) is 0 Å². The van der Waals surface area contributed by atoms with Gasteiger partial charge in [-0.05, 0) is 26.4 Å². The first-order valence-corrected chi connectivity index (χ1v) is 14.8. The van der Waals surface area contributed by atoms with E-state index in [-0.39, 0.29) is 5.78 Å². The summed E-state index contributed by atoms with van der Waals surface area (Å²) < 4.78 is 0. The minimum Gasteiger partial charge on any atom is -0.481 e. The van der Waals surface area contributed by atoms with Gasteiger partial charge in [0.25, 0.3) is 0 Å². The Labute approximate surface area is 235 Å². The fourth-order valence-corrected chi connectivity index (χ4v) is 4.27. The monoisotopic (exact) mass is 560 g/mol. The van der Waals surface area contributed by atoms with Crippen LogP contribution in [0.4, 0.5) is 0 Å². The van der Waals surface area contributed by atoms with Crippen LogP contribution >= 0.6 is 0 Å². The summed E-state index contributed by atoms with van der Waals surface area (Å²) in [5.41, 5.74) is 3.25. The Morgan fingerprint density at radius 3 is 1.33 bits per heavy atom. The highest BCUT2D eigenvalue weighted by molar-refractivity contribution is 5.88. The van der Waals surface area contributed by atoms with Crippen LogP contribution in [0.1, 0.15) is 136 Å². The molecule has 0 aromatic heterocycles. The zero-order chi connectivity index (χ0) is 30.1. The van der Waals surface area contributed by atoms with E-state index >= 15 is 0 Å². The molecule has 0 saturated heterocycles. The third-order valence-electron chi connectivity index (χ3n) is 6.69. The second-order valence-corrected chi connectivity index (χ2v) is 10.6. The van der Waals surface area contributed by atoms with E-state index in [0.29, 0.717) is 6.42 Å². The molecule has 0 aromatic rings. The highest BCUT2D eigenvalue weighted by atomic mass is 16.4. The van der Waals surface area contributed by atoms with Gasteiger partial charge in [-0.15, -0.1) is 0 Å². The first-order chi connectivity index (χ1) is 18.4. The smallest absolute Gasteiger partial charge is 0.336 e. The van der Waals surface area contributed by atoms with Gasteiger partial charge in [-0.1, -0.05) is 104 Å². The number of aliphatic hydroxyl groups is 1. The average Bonchev–Trinajstić information content (AvgIpc) is 2.85. The number of carbonyl (C=O) groups is 4. The lowest BCUT2D eigenvalue weighted by Gasteiger charge is -2.22. The van der Waals surface area contributed by atoms with E-state index in [1.807, 2.05) is 11.9 Å². The molecule has 0 fully saturated rings. The molecule has 230 valence electrons. The van der Waals surface area contributed by atoms with Crippen molar-refractivity contribution in [3.8, 4) is 0 Å². The molecule has 0 aromatic carbocycles. The van der Waals surface area contributed by atoms with Crippen molar-refractivity contribution in [3.63, 3.8) is 0 Å². The third-order valence-corrected chi connectivity index (χ3v) is 6.69. The molecule has 10 heteroatoms. The van der Waals surface area contributed by atoms with Crippen LogP contribution in [0.25, 0.3) is 0 Å². The summed E-state index contributed by atoms with van der Waals surface area (Å²) in [4.78, 5) is 44.5. The zero-order valence-corrected chi connectivity index (χ0v) is 24.7. The first-order valence-electron chi connectivity index (χ1n) is 14.8. The van der Waals surface area contributed by atoms with Crippen LogP contribution in [0.3, 0.4) is 0 Å². The lowest BCUT2D eigenvalue weighted by Crippen LogP contribution is -2.45. The molecule has 1 unspecified atom stereocenters. The molecule has 0 bridgehead atoms. The van der Waals surface area contributed by atoms with Crippen molar-refractivity contribution in [2.24, 2.45) is 5.73 Å². The zero-order valence-electron chi connectivity index (χ0n) is 24.7. The predicted molar refractivity (Wildman–Crippen MR) is 153 cm³/mol. The van der Waals surface area contributed by atoms with Crippen LogP contribution in [-0.2, 0) is 19.2 Å². The summed E-state index contributed by atoms with van der Waals surface area (Å²) in [6, 6.07) is 0. The van der Waals surface area contributed by atoms with Crippen molar-refractivity contribution in [2.45, 2.75) is 148 Å². The SMILES string of the molecule is CCCCCCCCCCCCCCCCCC(=O)C(N)N(C)CCC.O=C(O)CC(O)(CC(=O)O)C(=O)O. The molecule has 0 saturated carbocycles. The van der Waals surface area contributed by atoms with Crippen LogP contribution in [-0.4, -0.2) is 74.4 Å². The molecule has 0 rings (SSSR count). The topological polar surface area (TPSA) is 178 Å². The van der Waals surface area contributed by atoms with Crippen LogP contribution in [0.5, 0.6) is 0 Å². The molecule has 39 heavy (non-hydrogen) atoms. The summed E-state index contributed by atoms with van der Waals surface area (Å²) in [7, 11) is 1.94. The third kappa shape index (κ3) is 23.6. The van der Waals surface area contributed by atoms with E-state index in [1.165, 1.54) is 89.9 Å². The van der Waals surface area contributed by atoms with E-state index in [2.05, 4.69) is 13.8 Å². The number of carboxylic acid groups (broad SMARTS) is 3. The normalized spacial score (nSPS) is 12.1. The van der Waals surface area contributed by atoms with Gasteiger partial charge in [0, 0.05) is 6.42 Å². The fourth-order valence-electron chi connectivity index (χ4n) is 4.27. The molecule has 0 aliphatic carbocycles. The molecular weight excluding hydrogens is 504 g/mol. The highest BCUT2D eigenvalue weighted by Gasteiger charge is 2.40. The minimum atomic E-state index is -2.74. The summed E-state index contributed by atoms with van der Waals surface area (Å²) in [5, 5.41) is 33.8. The summed E-state index contributed by atoms with van der Waals surface area (Å²) in [6.07, 6.45) is 19.3. The van der Waals surface area contributed by atoms with Crippen LogP contribution < -0.4 is 5.73 Å². The Morgan fingerprint density at radius 2 is 1.03 bits per heavy atom. The molecule has 1 atom stereocenters. The molecule has 0 aliphatic heterocycles. The molecule has 0 heterocycles. The van der Waals surface area contributed by atoms with E-state index in [4.69, 9.17) is 26.2 Å². The maximum absolute atomic E-state index is 12.0. The Morgan fingerprint density at radius 1 is 0.667 bits per heavy atom. The van der Waals surface area contributed by atoms with Crippen molar-refractivity contribution in [3.05, 3.63) is 0 Å². The Balaban J connectivity index is 0. The van der Waals surface area contributed by atoms with Crippen molar-refractivity contribution in [1.82, 2.24) is 4.90 Å². The fraction of sp³-hybridized carbons (Fsp3) is 0.862. The number of aliphatic carboxylic acids is 3. The molecular formula is C29H56N2O8. The number of nitrogens with two attached hydrogens (primary N) is 1. The second kappa shape index (κ2) is 25.0. The number of Topliss-reactive ketones (excluding diaryl/α,β-unsaturated/α-hetero) is 1. The number of nitrogens with zero attached hydrogens (tertiary/aromatic N) is 1. The molecule has 0 aliphatic rings. The van der Waals surface area contributed by atoms with E-state index in [1.54, 1.807) is 0 Å². The second-order valence-electron chi connectivity index (χ2n) is 10.6. The number of unbranched alkanes of at least 4 members (excludes halogenated alkanes) is 14. The number of carbonyl (C=O) groups excluding carboxylic acids is 1. The van der Waals surface area contributed by atoms with Crippen LogP contribution in [0, 0.1) is 0 Å². The predicted octanol–water partition coefficient (Wildman–Crippen LogP) is 5.20. The highest BCUT2D eigenvalue weighted by Crippen LogP contribution is 2.16. The van der Waals surface area contributed by atoms with E-state index < -0.39 is 42.5 Å². The molecule has 0 amide bonds. The summed E-state index contributed by atoms with van der Waals surface area (Å²) in [5.74, 6) is -4.81. The van der Waals surface area contributed by atoms with E-state index in [0.717, 1.165) is 19.4 Å². The van der Waals surface area contributed by atoms with Crippen molar-refractivity contribution in [2.75, 3.05) is 13.6 Å². The Hall–Kier alpha value is -2.04. The Bertz CT molecular complexity index is 656. The number of carboxylic acids is 3. The lowest BCUT2D eigenvalue weighted by molar-refractivity contribution is -0.170. The molecule has 6 N–H and O–H groups in total. The number of ketones is 1. The van der Waals surface area contributed by atoms with Crippen LogP contribution in [0.15, 0.2) is 0 Å². The average molecular weight is 561 g/mol. The van der Waals surface area contributed by atoms with Gasteiger partial charge in [-0.2, -0.15) is 0 Å². The number of likely N-dealkylation sites (N-methyl/N-ethyl adjacent to an activating group) is 1. The lowest BCUT2D eigenvalue weighted by atomic mass is 9.96. The molecule has 0 radical (unpaired) electrons. The van der Waals surface area contributed by atoms with Gasteiger partial charge in [-0.3, -0.25) is 19.3 Å². The standard InChI is InChI=1S/C23H48N2O.C6H8O7/c1-4-6-7-8-9-10-11-12-13-14-15-16-17-18-19-20-22(26)23(24)25(3)21-5-2;7-3(8)1-6(13,5(11)12)2-4(9)10/h23H,4-21,24H2,1-3H3;13H,1-2H2,(H,7,8)(H,9,10)(H,11,12). The van der Waals surface area contributed by atoms with Gasteiger partial charge in [0.1, 0.15) is 6.17 Å². The van der Waals surface area contributed by atoms with Crippen molar-refractivity contribution < 1.29 is 39.6 Å². The molecule has 0 spiro atoms. The van der Waals surface area contributed by atoms with Gasteiger partial charge < -0.3 is 26.2 Å². The quantitative estimate of drug-likeness (QED) is 0.0736. The van der Waals surface area contributed by atoms with Gasteiger partial charge in [0.15, 0.2) is 11.4 Å². The van der Waals surface area contributed by atoms with Crippen LogP contribution in [0.2, 0.25) is 0 Å².